The van der Waals surface area contributed by atoms with Crippen LogP contribution in [0.4, 0.5) is 0 Å². The van der Waals surface area contributed by atoms with E-state index in [-0.39, 0.29) is 24.0 Å². The quantitative estimate of drug-likeness (QED) is 0.388. The minimum atomic E-state index is 0. The number of halogens is 1. The molecular formula is C17H33IN4OS. The van der Waals surface area contributed by atoms with Crippen LogP contribution >= 0.6 is 35.7 Å². The number of hydrogen-bond acceptors (Lipinski definition) is 4. The van der Waals surface area contributed by atoms with E-state index < -0.39 is 0 Å². The highest BCUT2D eigenvalue weighted by atomic mass is 127. The van der Waals surface area contributed by atoms with Gasteiger partial charge in [-0.05, 0) is 42.6 Å². The zero-order valence-corrected chi connectivity index (χ0v) is 18.1. The molecule has 0 bridgehead atoms. The highest BCUT2D eigenvalue weighted by Gasteiger charge is 2.27. The molecule has 0 aromatic carbocycles. The van der Waals surface area contributed by atoms with Crippen LogP contribution in [-0.2, 0) is 4.74 Å². The number of hydrogen-bond donors (Lipinski definition) is 1. The molecule has 3 saturated heterocycles. The molecule has 0 aliphatic carbocycles. The molecule has 1 unspecified atom stereocenters. The number of aliphatic imine (C=N–C) groups is 1. The van der Waals surface area contributed by atoms with Gasteiger partial charge in [0.05, 0.1) is 13.2 Å². The van der Waals surface area contributed by atoms with Gasteiger partial charge in [0.15, 0.2) is 5.96 Å². The Kier molecular flexibility index (Phi) is 9.50. The Bertz CT molecular complexity index is 387. The number of thioether (sulfide) groups is 1. The van der Waals surface area contributed by atoms with Crippen molar-refractivity contribution in [2.75, 3.05) is 71.0 Å². The van der Waals surface area contributed by atoms with Crippen molar-refractivity contribution < 1.29 is 4.74 Å². The predicted octanol–water partition coefficient (Wildman–Crippen LogP) is 1.98. The van der Waals surface area contributed by atoms with E-state index in [0.717, 1.165) is 63.7 Å². The van der Waals surface area contributed by atoms with Crippen LogP contribution in [0.25, 0.3) is 0 Å². The molecule has 0 radical (unpaired) electrons. The third-order valence-electron chi connectivity index (χ3n) is 5.31. The molecule has 24 heavy (non-hydrogen) atoms. The molecule has 140 valence electrons. The second-order valence-electron chi connectivity index (χ2n) is 7.00. The van der Waals surface area contributed by atoms with Gasteiger partial charge in [0.1, 0.15) is 0 Å². The predicted molar refractivity (Wildman–Crippen MR) is 114 cm³/mol. The highest BCUT2D eigenvalue weighted by molar-refractivity contribution is 14.0. The van der Waals surface area contributed by atoms with Crippen LogP contribution < -0.4 is 5.32 Å². The van der Waals surface area contributed by atoms with E-state index in [1.165, 1.54) is 37.3 Å². The first-order valence-electron chi connectivity index (χ1n) is 9.18. The highest BCUT2D eigenvalue weighted by Crippen LogP contribution is 2.22. The Hall–Kier alpha value is 0.270. The molecule has 0 spiro atoms. The monoisotopic (exact) mass is 468 g/mol. The zero-order chi connectivity index (χ0) is 15.9. The Morgan fingerprint density at radius 3 is 2.58 bits per heavy atom. The molecule has 3 heterocycles. The van der Waals surface area contributed by atoms with Crippen LogP contribution in [0.5, 0.6) is 0 Å². The number of nitrogens with zero attached hydrogens (tertiary/aromatic N) is 3. The molecule has 0 aromatic heterocycles. The van der Waals surface area contributed by atoms with Gasteiger partial charge < -0.3 is 15.0 Å². The second-order valence-corrected chi connectivity index (χ2v) is 8.22. The minimum absolute atomic E-state index is 0. The molecule has 3 aliphatic heterocycles. The van der Waals surface area contributed by atoms with Crippen LogP contribution in [0, 0.1) is 11.8 Å². The molecule has 7 heteroatoms. The molecular weight excluding hydrogens is 435 g/mol. The van der Waals surface area contributed by atoms with Crippen molar-refractivity contribution in [3.05, 3.63) is 0 Å². The third kappa shape index (κ3) is 6.21. The number of guanidine groups is 1. The lowest BCUT2D eigenvalue weighted by atomic mass is 10.0. The fraction of sp³-hybridized carbons (Fsp3) is 0.941. The number of ether oxygens (including phenoxy) is 1. The van der Waals surface area contributed by atoms with Crippen LogP contribution in [0.3, 0.4) is 0 Å². The maximum Gasteiger partial charge on any atom is 0.193 e. The second kappa shape index (κ2) is 11.1. The summed E-state index contributed by atoms with van der Waals surface area (Å²) in [5.41, 5.74) is 0. The Balaban J connectivity index is 0.00000208. The summed E-state index contributed by atoms with van der Waals surface area (Å²) in [7, 11) is 1.92. The summed E-state index contributed by atoms with van der Waals surface area (Å²) in [6, 6.07) is 0. The maximum atomic E-state index is 5.45. The van der Waals surface area contributed by atoms with Crippen molar-refractivity contribution in [3.8, 4) is 0 Å². The third-order valence-corrected chi connectivity index (χ3v) is 6.36. The van der Waals surface area contributed by atoms with Gasteiger partial charge >= 0.3 is 0 Å². The Labute approximate surface area is 168 Å². The summed E-state index contributed by atoms with van der Waals surface area (Å²) in [5.74, 6) is 5.39. The topological polar surface area (TPSA) is 40.1 Å². The SMILES string of the molecule is CN=C(NCC1CCSCC1)N1CCC(CN2CCOCC2)C1.I. The first-order valence-corrected chi connectivity index (χ1v) is 10.3. The minimum Gasteiger partial charge on any atom is -0.379 e. The molecule has 0 amide bonds. The van der Waals surface area contributed by atoms with Gasteiger partial charge in [-0.2, -0.15) is 11.8 Å². The van der Waals surface area contributed by atoms with Gasteiger partial charge in [0, 0.05) is 46.3 Å². The average Bonchev–Trinajstić information content (AvgIpc) is 3.06. The lowest BCUT2D eigenvalue weighted by Gasteiger charge is -2.29. The van der Waals surface area contributed by atoms with E-state index in [9.17, 15) is 0 Å². The van der Waals surface area contributed by atoms with Gasteiger partial charge in [0.25, 0.3) is 0 Å². The first kappa shape index (κ1) is 20.6. The van der Waals surface area contributed by atoms with Crippen LogP contribution in [-0.4, -0.2) is 86.8 Å². The van der Waals surface area contributed by atoms with E-state index in [0.29, 0.717) is 0 Å². The Morgan fingerprint density at radius 1 is 1.12 bits per heavy atom. The van der Waals surface area contributed by atoms with Crippen molar-refractivity contribution in [2.24, 2.45) is 16.8 Å². The number of likely N-dealkylation sites (tertiary alicyclic amines) is 1. The molecule has 3 fully saturated rings. The average molecular weight is 468 g/mol. The fourth-order valence-corrected chi connectivity index (χ4v) is 5.05. The fourth-order valence-electron chi connectivity index (χ4n) is 3.84. The molecule has 0 saturated carbocycles. The van der Waals surface area contributed by atoms with Crippen molar-refractivity contribution in [2.45, 2.75) is 19.3 Å². The van der Waals surface area contributed by atoms with Crippen LogP contribution in [0.15, 0.2) is 4.99 Å². The van der Waals surface area contributed by atoms with Crippen LogP contribution in [0.2, 0.25) is 0 Å². The van der Waals surface area contributed by atoms with Crippen molar-refractivity contribution in [1.82, 2.24) is 15.1 Å². The van der Waals surface area contributed by atoms with E-state index in [1.807, 2.05) is 7.05 Å². The number of rotatable bonds is 4. The summed E-state index contributed by atoms with van der Waals surface area (Å²) in [6.45, 7) is 8.62. The molecule has 3 rings (SSSR count). The molecule has 3 aliphatic rings. The summed E-state index contributed by atoms with van der Waals surface area (Å²) in [5, 5.41) is 3.64. The van der Waals surface area contributed by atoms with Gasteiger partial charge in [-0.15, -0.1) is 24.0 Å². The van der Waals surface area contributed by atoms with E-state index in [2.05, 4.69) is 31.9 Å². The number of morpholine rings is 1. The lowest BCUT2D eigenvalue weighted by Crippen LogP contribution is -2.43. The Morgan fingerprint density at radius 2 is 1.88 bits per heavy atom. The largest absolute Gasteiger partial charge is 0.379 e. The molecule has 5 nitrogen and oxygen atoms in total. The molecule has 1 N–H and O–H groups in total. The normalized spacial score (nSPS) is 27.1. The lowest BCUT2D eigenvalue weighted by molar-refractivity contribution is 0.0315. The summed E-state index contributed by atoms with van der Waals surface area (Å²) < 4.78 is 5.45. The summed E-state index contributed by atoms with van der Waals surface area (Å²) in [4.78, 5) is 9.55. The molecule has 0 aromatic rings. The van der Waals surface area contributed by atoms with Crippen molar-refractivity contribution >= 4 is 41.7 Å². The van der Waals surface area contributed by atoms with Crippen LogP contribution in [0.1, 0.15) is 19.3 Å². The van der Waals surface area contributed by atoms with Gasteiger partial charge in [0.2, 0.25) is 0 Å². The smallest absolute Gasteiger partial charge is 0.193 e. The van der Waals surface area contributed by atoms with E-state index >= 15 is 0 Å². The van der Waals surface area contributed by atoms with Crippen molar-refractivity contribution in [1.29, 1.82) is 0 Å². The first-order chi connectivity index (χ1) is 11.3. The maximum absolute atomic E-state index is 5.45. The zero-order valence-electron chi connectivity index (χ0n) is 14.9. The summed E-state index contributed by atoms with van der Waals surface area (Å²) >= 11 is 2.10. The summed E-state index contributed by atoms with van der Waals surface area (Å²) in [6.07, 6.45) is 4.00. The van der Waals surface area contributed by atoms with Gasteiger partial charge in [-0.3, -0.25) is 9.89 Å². The van der Waals surface area contributed by atoms with Crippen molar-refractivity contribution in [3.63, 3.8) is 0 Å². The number of nitrogens with one attached hydrogen (secondary N) is 1. The molecule has 1 atom stereocenters. The standard InChI is InChI=1S/C17H32N4OS.HI/c1-18-17(19-12-15-3-10-23-11-4-15)21-5-2-16(14-21)13-20-6-8-22-9-7-20;/h15-16H,2-14H2,1H3,(H,18,19);1H. The van der Waals surface area contributed by atoms with E-state index in [1.54, 1.807) is 0 Å². The van der Waals surface area contributed by atoms with E-state index in [4.69, 9.17) is 4.74 Å². The van der Waals surface area contributed by atoms with Gasteiger partial charge in [-0.25, -0.2) is 0 Å². The van der Waals surface area contributed by atoms with Gasteiger partial charge in [-0.1, -0.05) is 0 Å².